The molecule has 0 saturated carbocycles. The number of aryl methyl sites for hydroxylation is 1. The van der Waals surface area contributed by atoms with Crippen LogP contribution < -0.4 is 10.1 Å². The van der Waals surface area contributed by atoms with E-state index in [0.717, 1.165) is 22.3 Å². The summed E-state index contributed by atoms with van der Waals surface area (Å²) >= 11 is 6.13. The van der Waals surface area contributed by atoms with Crippen LogP contribution in [0.5, 0.6) is 5.75 Å². The van der Waals surface area contributed by atoms with Crippen molar-refractivity contribution < 1.29 is 24.0 Å². The highest BCUT2D eigenvalue weighted by Gasteiger charge is 2.29. The first kappa shape index (κ1) is 25.3. The van der Waals surface area contributed by atoms with Crippen LogP contribution in [0.25, 0.3) is 22.5 Å². The van der Waals surface area contributed by atoms with Gasteiger partial charge >= 0.3 is 5.97 Å². The van der Waals surface area contributed by atoms with E-state index >= 15 is 0 Å². The Morgan fingerprint density at radius 3 is 2.42 bits per heavy atom. The van der Waals surface area contributed by atoms with Crippen LogP contribution in [0, 0.1) is 0 Å². The minimum absolute atomic E-state index is 0.0798. The second-order valence-electron chi connectivity index (χ2n) is 9.21. The van der Waals surface area contributed by atoms with E-state index in [0.29, 0.717) is 28.6 Å². The van der Waals surface area contributed by atoms with E-state index in [1.165, 1.54) is 6.07 Å². The number of carboxylic acid groups (broad SMARTS) is 1. The van der Waals surface area contributed by atoms with Gasteiger partial charge in [0.05, 0.1) is 24.3 Å². The van der Waals surface area contributed by atoms with Crippen molar-refractivity contribution in [1.82, 2.24) is 25.5 Å². The molecule has 6 rings (SSSR count). The van der Waals surface area contributed by atoms with E-state index in [1.54, 1.807) is 29.1 Å². The molecule has 0 aliphatic heterocycles. The van der Waals surface area contributed by atoms with E-state index in [2.05, 4.69) is 32.9 Å². The predicted octanol–water partition coefficient (Wildman–Crippen LogP) is 5.14. The second kappa shape index (κ2) is 10.7. The summed E-state index contributed by atoms with van der Waals surface area (Å²) in [5, 5.41) is 24.5. The van der Waals surface area contributed by atoms with Crippen LogP contribution in [0.1, 0.15) is 39.8 Å². The Balaban J connectivity index is 1.08. The van der Waals surface area contributed by atoms with Gasteiger partial charge in [-0.3, -0.25) is 9.48 Å². The molecule has 0 atom stereocenters. The maximum Gasteiger partial charge on any atom is 0.358 e. The van der Waals surface area contributed by atoms with Gasteiger partial charge in [0.25, 0.3) is 0 Å². The molecule has 10 nitrogen and oxygen atoms in total. The van der Waals surface area contributed by atoms with Gasteiger partial charge in [-0.05, 0) is 40.5 Å². The van der Waals surface area contributed by atoms with Crippen molar-refractivity contribution in [1.29, 1.82) is 0 Å². The zero-order chi connectivity index (χ0) is 27.6. The summed E-state index contributed by atoms with van der Waals surface area (Å²) < 4.78 is 12.7. The first-order valence-electron chi connectivity index (χ1n) is 12.5. The zero-order valence-corrected chi connectivity index (χ0v) is 21.7. The quantitative estimate of drug-likeness (QED) is 0.255. The molecular weight excluding hydrogens is 534 g/mol. The average molecular weight is 556 g/mol. The van der Waals surface area contributed by atoms with Gasteiger partial charge < -0.3 is 19.7 Å². The Hall–Kier alpha value is -4.96. The summed E-state index contributed by atoms with van der Waals surface area (Å²) in [4.78, 5) is 24.1. The molecule has 2 heterocycles. The summed E-state index contributed by atoms with van der Waals surface area (Å²) in [5.74, 6) is -0.688. The highest BCUT2D eigenvalue weighted by atomic mass is 35.5. The molecule has 0 unspecified atom stereocenters. The van der Waals surface area contributed by atoms with Gasteiger partial charge in [-0.15, -0.1) is 5.10 Å². The fourth-order valence-corrected chi connectivity index (χ4v) is 4.92. The Kier molecular flexibility index (Phi) is 6.75. The number of carbonyl (C=O) groups excluding carboxylic acids is 1. The van der Waals surface area contributed by atoms with Gasteiger partial charge in [-0.1, -0.05) is 70.5 Å². The molecule has 1 amide bonds. The number of rotatable bonds is 9. The molecule has 0 radical (unpaired) electrons. The molecular formula is C29H22ClN5O5. The van der Waals surface area contributed by atoms with Crippen molar-refractivity contribution in [2.75, 3.05) is 0 Å². The second-order valence-corrected chi connectivity index (χ2v) is 9.65. The maximum atomic E-state index is 12.9. The minimum atomic E-state index is -1.21. The van der Waals surface area contributed by atoms with Crippen LogP contribution in [0.3, 0.4) is 0 Å². The lowest BCUT2D eigenvalue weighted by atomic mass is 10.1. The highest BCUT2D eigenvalue weighted by Crippen LogP contribution is 2.43. The Morgan fingerprint density at radius 1 is 1.00 bits per heavy atom. The van der Waals surface area contributed by atoms with Crippen LogP contribution in [0.2, 0.25) is 5.02 Å². The summed E-state index contributed by atoms with van der Waals surface area (Å²) in [6, 6.07) is 22.2. The SMILES string of the molecule is O=C(CCn1cc(COc2ccc(Cl)cc2-c2cc(C(=O)O)no2)nn1)NC1c2ccccc2-c2ccccc21. The normalized spacial score (nSPS) is 12.1. The number of hydrogen-bond donors (Lipinski definition) is 2. The number of halogens is 1. The first-order chi connectivity index (χ1) is 19.5. The molecule has 200 valence electrons. The summed E-state index contributed by atoms with van der Waals surface area (Å²) in [7, 11) is 0. The van der Waals surface area contributed by atoms with Crippen LogP contribution in [0.15, 0.2) is 83.5 Å². The largest absolute Gasteiger partial charge is 0.486 e. The van der Waals surface area contributed by atoms with Crippen molar-refractivity contribution in [2.45, 2.75) is 25.6 Å². The van der Waals surface area contributed by atoms with Crippen molar-refractivity contribution in [3.05, 3.63) is 107 Å². The van der Waals surface area contributed by atoms with Crippen molar-refractivity contribution >= 4 is 23.5 Å². The van der Waals surface area contributed by atoms with E-state index in [1.807, 2.05) is 36.4 Å². The van der Waals surface area contributed by atoms with Gasteiger partial charge in [-0.25, -0.2) is 4.79 Å². The molecule has 0 fully saturated rings. The lowest BCUT2D eigenvalue weighted by Crippen LogP contribution is -2.28. The van der Waals surface area contributed by atoms with Crippen molar-refractivity contribution in [3.63, 3.8) is 0 Å². The zero-order valence-electron chi connectivity index (χ0n) is 21.0. The van der Waals surface area contributed by atoms with Crippen LogP contribution in [-0.2, 0) is 17.9 Å². The molecule has 2 aromatic heterocycles. The molecule has 0 spiro atoms. The number of nitrogens with zero attached hydrogens (tertiary/aromatic N) is 4. The Bertz CT molecular complexity index is 1680. The molecule has 1 aliphatic carbocycles. The number of carbonyl (C=O) groups is 2. The van der Waals surface area contributed by atoms with Crippen LogP contribution in [0.4, 0.5) is 0 Å². The minimum Gasteiger partial charge on any atom is -0.486 e. The first-order valence-corrected chi connectivity index (χ1v) is 12.8. The number of aromatic nitrogens is 4. The van der Waals surface area contributed by atoms with E-state index < -0.39 is 5.97 Å². The third kappa shape index (κ3) is 5.04. The van der Waals surface area contributed by atoms with Gasteiger partial charge in [0.15, 0.2) is 11.5 Å². The number of ether oxygens (including phenoxy) is 1. The lowest BCUT2D eigenvalue weighted by Gasteiger charge is -2.16. The topological polar surface area (TPSA) is 132 Å². The third-order valence-electron chi connectivity index (χ3n) is 6.61. The van der Waals surface area contributed by atoms with E-state index in [9.17, 15) is 9.59 Å². The Morgan fingerprint density at radius 2 is 1.73 bits per heavy atom. The van der Waals surface area contributed by atoms with Crippen molar-refractivity contribution in [2.24, 2.45) is 0 Å². The molecule has 0 saturated heterocycles. The molecule has 1 aliphatic rings. The summed E-state index contributed by atoms with van der Waals surface area (Å²) in [6.07, 6.45) is 1.93. The predicted molar refractivity (Wildman–Crippen MR) is 145 cm³/mol. The molecule has 40 heavy (non-hydrogen) atoms. The number of aromatic carboxylic acids is 1. The molecule has 11 heteroatoms. The van der Waals surface area contributed by atoms with Gasteiger partial charge in [0.2, 0.25) is 5.91 Å². The molecule has 0 bridgehead atoms. The van der Waals surface area contributed by atoms with Crippen LogP contribution >= 0.6 is 11.6 Å². The number of carboxylic acids is 1. The van der Waals surface area contributed by atoms with E-state index in [4.69, 9.17) is 26.0 Å². The summed E-state index contributed by atoms with van der Waals surface area (Å²) in [5.41, 5.74) is 5.22. The van der Waals surface area contributed by atoms with Crippen LogP contribution in [-0.4, -0.2) is 37.1 Å². The number of fused-ring (bicyclic) bond motifs is 3. The molecule has 3 aromatic carbocycles. The number of amides is 1. The molecule has 5 aromatic rings. The number of benzene rings is 3. The summed E-state index contributed by atoms with van der Waals surface area (Å²) in [6.45, 7) is 0.424. The monoisotopic (exact) mass is 555 g/mol. The number of hydrogen-bond acceptors (Lipinski definition) is 7. The fourth-order valence-electron chi connectivity index (χ4n) is 4.75. The van der Waals surface area contributed by atoms with Gasteiger partial charge in [-0.2, -0.15) is 0 Å². The molecule has 2 N–H and O–H groups in total. The van der Waals surface area contributed by atoms with Gasteiger partial charge in [0, 0.05) is 17.5 Å². The standard InChI is InChI=1S/C29H22ClN5O5/c30-17-9-10-25(23(13-17)26-14-24(29(37)38)33-40-26)39-16-18-15-35(34-32-18)12-11-27(36)31-28-21-7-3-1-5-19(21)20-6-2-4-8-22(20)28/h1-10,13-15,28H,11-12,16H2,(H,31,36)(H,37,38). The Labute approximate surface area is 233 Å². The van der Waals surface area contributed by atoms with Gasteiger partial charge in [0.1, 0.15) is 18.1 Å². The smallest absolute Gasteiger partial charge is 0.358 e. The highest BCUT2D eigenvalue weighted by molar-refractivity contribution is 6.31. The van der Waals surface area contributed by atoms with E-state index in [-0.39, 0.29) is 36.4 Å². The number of nitrogens with one attached hydrogen (secondary N) is 1. The average Bonchev–Trinajstić information content (AvgIpc) is 3.70. The maximum absolute atomic E-state index is 12.9. The third-order valence-corrected chi connectivity index (χ3v) is 6.84. The fraction of sp³-hybridized carbons (Fsp3) is 0.138. The van der Waals surface area contributed by atoms with Crippen molar-refractivity contribution in [3.8, 4) is 28.2 Å². The lowest BCUT2D eigenvalue weighted by molar-refractivity contribution is -0.121.